The van der Waals surface area contributed by atoms with Crippen LogP contribution in [0, 0.1) is 69.7 Å². The van der Waals surface area contributed by atoms with E-state index in [-0.39, 0.29) is 71.2 Å². The van der Waals surface area contributed by atoms with Gasteiger partial charge in [0, 0.05) is 50.4 Å². The van der Waals surface area contributed by atoms with E-state index in [2.05, 4.69) is 79.3 Å². The van der Waals surface area contributed by atoms with Crippen LogP contribution >= 0.6 is 62.6 Å². The molecule has 10 aromatic rings. The van der Waals surface area contributed by atoms with E-state index < -0.39 is 37.7 Å². The summed E-state index contributed by atoms with van der Waals surface area (Å²) < 4.78 is 112. The van der Waals surface area contributed by atoms with Crippen molar-refractivity contribution in [3.63, 3.8) is 0 Å². The number of rotatable bonds is 11. The number of aryl methyl sites for hydroxylation is 3. The molecule has 3 atom stereocenters. The third kappa shape index (κ3) is 30.7. The van der Waals surface area contributed by atoms with Gasteiger partial charge < -0.3 is 52.6 Å². The van der Waals surface area contributed by atoms with Crippen LogP contribution in [0.15, 0.2) is 193 Å². The third-order valence-corrected chi connectivity index (χ3v) is 18.7. The van der Waals surface area contributed by atoms with E-state index in [1.165, 1.54) is 51.1 Å². The summed E-state index contributed by atoms with van der Waals surface area (Å²) in [6, 6.07) is 52.7. The summed E-state index contributed by atoms with van der Waals surface area (Å²) in [5, 5.41) is 6.68. The number of fused-ring (bicyclic) bond motifs is 3. The number of hydrogen-bond donors (Lipinski definition) is 3. The molecule has 11 rings (SSSR count). The maximum Gasteiger partial charge on any atom is 3.00 e. The number of nitrogens with two attached hydrogens (primary N) is 1. The van der Waals surface area contributed by atoms with E-state index in [0.717, 1.165) is 73.7 Å². The average molecular weight is 1690 g/mol. The number of benzene rings is 8. The molecule has 0 bridgehead atoms. The van der Waals surface area contributed by atoms with Gasteiger partial charge in [0.25, 0.3) is 0 Å². The van der Waals surface area contributed by atoms with Crippen LogP contribution in [0.2, 0.25) is 10.0 Å². The Hall–Kier alpha value is -7.32. The van der Waals surface area contributed by atoms with Crippen molar-refractivity contribution in [3.05, 3.63) is 283 Å². The quantitative estimate of drug-likeness (QED) is 0.0273. The van der Waals surface area contributed by atoms with Crippen LogP contribution in [-0.4, -0.2) is 78.5 Å². The molecule has 106 heavy (non-hydrogen) atoms. The summed E-state index contributed by atoms with van der Waals surface area (Å²) in [6.07, 6.45) is 5.76. The van der Waals surface area contributed by atoms with Crippen molar-refractivity contribution >= 4 is 116 Å². The molecule has 0 spiro atoms. The van der Waals surface area contributed by atoms with Gasteiger partial charge in [0.2, 0.25) is 0 Å². The number of aromatic nitrogens is 2. The second kappa shape index (κ2) is 48.9. The number of anilines is 2. The van der Waals surface area contributed by atoms with Crippen LogP contribution in [-0.2, 0) is 50.8 Å². The molecule has 1 aliphatic heterocycles. The molecule has 0 amide bonds. The van der Waals surface area contributed by atoms with Crippen LogP contribution in [0.25, 0.3) is 32.3 Å². The number of alkyl halides is 3. The standard InChI is InChI=1S/C21H20N2O2S.C12H18.C11H10ClNO.C11H15NO.C11H11NO.C7H8ClNO.C4H8O.CHF3O3S.CH3.ClH.Ru.2H2S/c1-16-12-14-19(15-13-16)26(24,25)23-21(18-10-6-3-7-11-18)20(22)17-8-4-2-5-9-17;1-7-8(2)10(4)12(6)11(5)9(7)3;1-7-3-4-8-10(14-2)6-5-9(12)11(8)13-7;2*1-8-6-7-9-10(12-8)4-3-5-11(9)13-2;1-10-5-2-3-6(8)7(9)4-5;1-3-4-5-2;2-1(3,4)8(5,6)7;;;;;/h2-15,20-22H,1H3;1-6H3;3-6H,1-2H3;3-5,8,12H,6-7H2,1-2H3;3-7H,1-2H3;2-4H,9H2,1H3;3-4H,1-2H3;(H,5,6,7);1H3;1H;;2*1H2/q-2;;;;;;;;-1;;+3;;/b;;;;;;4-3+;;;;;;/t20-,21-;;;8-;;;;;;;;;/m0..0........./s1. The van der Waals surface area contributed by atoms with Gasteiger partial charge in [0.05, 0.1) is 68.6 Å². The van der Waals surface area contributed by atoms with Gasteiger partial charge in [-0.15, -0.1) is 24.5 Å². The van der Waals surface area contributed by atoms with E-state index in [4.69, 9.17) is 66.6 Å². The molecule has 2 aromatic heterocycles. The Kier molecular flexibility index (Phi) is 46.4. The van der Waals surface area contributed by atoms with Crippen molar-refractivity contribution in [2.24, 2.45) is 0 Å². The molecule has 3 heterocycles. The number of sulfonamides is 1. The molecule has 8 aromatic carbocycles. The summed E-state index contributed by atoms with van der Waals surface area (Å²) in [7, 11) is -1.46. The molecule has 1 radical (unpaired) electrons. The topological polar surface area (TPSA) is 236 Å². The molecule has 0 saturated heterocycles. The van der Waals surface area contributed by atoms with Crippen molar-refractivity contribution in [2.75, 3.05) is 46.6 Å². The molecule has 0 fully saturated rings. The number of nitrogens with zero attached hydrogens (tertiary/aromatic N) is 3. The van der Waals surface area contributed by atoms with Crippen molar-refractivity contribution in [1.29, 1.82) is 0 Å². The number of pyridine rings is 2. The van der Waals surface area contributed by atoms with Gasteiger partial charge in [0.1, 0.15) is 33.0 Å². The van der Waals surface area contributed by atoms with Gasteiger partial charge in [-0.25, -0.2) is 8.42 Å². The van der Waals surface area contributed by atoms with Crippen molar-refractivity contribution in [1.82, 2.24) is 9.97 Å². The minimum absolute atomic E-state index is 0. The fraction of sp³-hybridized carbons (Fsp3) is 0.278. The smallest absolute Gasteiger partial charge is 0.672 e. The minimum atomic E-state index is -5.84. The Bertz CT molecular complexity index is 4460. The first-order valence-electron chi connectivity index (χ1n) is 31.8. The van der Waals surface area contributed by atoms with E-state index in [0.29, 0.717) is 27.3 Å². The Morgan fingerprint density at radius 2 is 1.08 bits per heavy atom. The summed E-state index contributed by atoms with van der Waals surface area (Å²) in [4.78, 5) is 8.92. The van der Waals surface area contributed by atoms with Gasteiger partial charge in [-0.05, 0) is 207 Å². The first-order chi connectivity index (χ1) is 47.7. The number of hydrogen-bond acceptors (Lipinski definition) is 13. The Morgan fingerprint density at radius 3 is 1.54 bits per heavy atom. The molecule has 0 unspecified atom stereocenters. The van der Waals surface area contributed by atoms with E-state index >= 15 is 0 Å². The molecular weight excluding hydrogens is 1590 g/mol. The van der Waals surface area contributed by atoms with Gasteiger partial charge in [0.15, 0.2) is 0 Å². The molecule has 16 nitrogen and oxygen atoms in total. The van der Waals surface area contributed by atoms with Crippen molar-refractivity contribution in [3.8, 4) is 23.0 Å². The summed E-state index contributed by atoms with van der Waals surface area (Å²) in [5.74, 6) is 3.42. The van der Waals surface area contributed by atoms with Crippen LogP contribution in [0.3, 0.4) is 0 Å². The maximum absolute atomic E-state index is 12.8. The predicted molar refractivity (Wildman–Crippen MR) is 441 cm³/mol. The zero-order valence-electron chi connectivity index (χ0n) is 62.6. The number of halogens is 6. The Labute approximate surface area is 668 Å². The maximum atomic E-state index is 12.8. The number of methoxy groups -OCH3 is 5. The van der Waals surface area contributed by atoms with Crippen LogP contribution in [0.1, 0.15) is 99.4 Å². The Balaban J connectivity index is 0. The Morgan fingerprint density at radius 1 is 0.613 bits per heavy atom. The zero-order valence-corrected chi connectivity index (χ0v) is 70.3. The van der Waals surface area contributed by atoms with Crippen molar-refractivity contribution < 1.29 is 77.7 Å². The van der Waals surface area contributed by atoms with Crippen LogP contribution in [0.4, 0.5) is 24.5 Å². The minimum Gasteiger partial charge on any atom is -0.672 e. The molecule has 5 N–H and O–H groups in total. The van der Waals surface area contributed by atoms with Crippen LogP contribution < -0.4 is 30.0 Å². The second-order valence-corrected chi connectivity index (χ2v) is 26.9. The normalized spacial score (nSPS) is 12.1. The van der Waals surface area contributed by atoms with Gasteiger partial charge in [-0.1, -0.05) is 131 Å². The first kappa shape index (κ1) is 101. The molecule has 27 heteroatoms. The first-order valence-corrected chi connectivity index (χ1v) is 35.4. The molecule has 0 aliphatic carbocycles. The molecular formula is C79H99Cl3F3N6O10RuS4. The fourth-order valence-electron chi connectivity index (χ4n) is 9.89. The van der Waals surface area contributed by atoms with E-state index in [1.54, 1.807) is 90.3 Å². The molecule has 1 aliphatic rings. The third-order valence-electron chi connectivity index (χ3n) is 16.1. The summed E-state index contributed by atoms with van der Waals surface area (Å²) in [6.45, 7) is 23.2. The fourth-order valence-corrected chi connectivity index (χ4v) is 11.4. The van der Waals surface area contributed by atoms with Crippen molar-refractivity contribution in [2.45, 2.75) is 118 Å². The summed E-state index contributed by atoms with van der Waals surface area (Å²) in [5.41, 5.74) is 26.6. The van der Waals surface area contributed by atoms with Gasteiger partial charge in [-0.3, -0.25) is 14.5 Å². The largest absolute Gasteiger partial charge is 3.00 e. The summed E-state index contributed by atoms with van der Waals surface area (Å²) >= 11 is 11.7. The second-order valence-electron chi connectivity index (χ2n) is 23.0. The number of nitrogens with one attached hydrogen (secondary N) is 2. The number of nitrogen functional groups attached to an aromatic ring is 1. The average Bonchev–Trinajstić information content (AvgIpc) is 0.852. The monoisotopic (exact) mass is 1680 g/mol. The SMILES string of the molecule is C/C=C/OC.COc1ccc(Cl)c(N)c1.COc1ccc(Cl)c2nc(C)ccc12.COc1cccc2c1CC[C@H](C)N2.COc1cccc2nc(C)ccc12.Cc1c(C)c(C)c(C)c(C)c1C.Cc1ccc(S(=O)(=O)[N-][C@@H](c2ccccc2)[C@@H]([NH-])c2ccccc2)cc1.Cl.O=S(=O)(O)C(F)(F)F.S.S.[CH3-].[Ru+3]. The van der Waals surface area contributed by atoms with E-state index in [9.17, 15) is 21.6 Å². The number of ether oxygens (including phenoxy) is 5. The van der Waals surface area contributed by atoms with Crippen LogP contribution in [0.5, 0.6) is 23.0 Å². The predicted octanol–water partition coefficient (Wildman–Crippen LogP) is 21.9. The molecule has 579 valence electrons. The van der Waals surface area contributed by atoms with E-state index in [1.807, 2.05) is 155 Å². The van der Waals surface area contributed by atoms with Gasteiger partial charge >= 0.3 is 35.1 Å². The molecule has 0 saturated carbocycles. The van der Waals surface area contributed by atoms with Gasteiger partial charge in [-0.2, -0.15) is 48.6 Å². The zero-order chi connectivity index (χ0) is 75.4. The number of allylic oxidation sites excluding steroid dienone is 1.